The van der Waals surface area contributed by atoms with Gasteiger partial charge < -0.3 is 9.47 Å². The molecule has 0 N–H and O–H groups in total. The monoisotopic (exact) mass is 284 g/mol. The minimum Gasteiger partial charge on any atom is -0.348 e. The van der Waals surface area contributed by atoms with Crippen LogP contribution in [0.15, 0.2) is 0 Å². The van der Waals surface area contributed by atoms with Gasteiger partial charge in [0.1, 0.15) is 0 Å². The fraction of sp³-hybridized carbons (Fsp3) is 1.00. The molecule has 0 amide bonds. The molecule has 0 aromatic heterocycles. The number of ether oxygens (including phenoxy) is 2. The molecule has 1 heterocycles. The second kappa shape index (κ2) is 8.38. The second-order valence-corrected chi connectivity index (χ2v) is 6.11. The Morgan fingerprint density at radius 3 is 1.75 bits per heavy atom. The van der Waals surface area contributed by atoms with E-state index in [1.807, 2.05) is 27.7 Å². The molecule has 0 bridgehead atoms. The van der Waals surface area contributed by atoms with Crippen molar-refractivity contribution in [1.29, 1.82) is 0 Å². The summed E-state index contributed by atoms with van der Waals surface area (Å²) in [6.45, 7) is 12.0. The molecule has 1 aliphatic heterocycles. The van der Waals surface area contributed by atoms with Gasteiger partial charge in [0.05, 0.1) is 13.2 Å². The smallest absolute Gasteiger partial charge is 0.168 e. The molecule has 3 aliphatic rings. The third-order valence-corrected chi connectivity index (χ3v) is 5.05. The molecule has 0 aromatic carbocycles. The molecule has 0 atom stereocenters. The van der Waals surface area contributed by atoms with E-state index in [0.29, 0.717) is 5.41 Å². The van der Waals surface area contributed by atoms with E-state index < -0.39 is 0 Å². The van der Waals surface area contributed by atoms with Crippen LogP contribution >= 0.6 is 0 Å². The molecule has 0 aromatic rings. The van der Waals surface area contributed by atoms with Gasteiger partial charge in [0.2, 0.25) is 0 Å². The molecule has 0 unspecified atom stereocenters. The second-order valence-electron chi connectivity index (χ2n) is 6.11. The lowest BCUT2D eigenvalue weighted by Gasteiger charge is -2.43. The number of hydrogen-bond donors (Lipinski definition) is 0. The summed E-state index contributed by atoms with van der Waals surface area (Å²) in [5, 5.41) is 0. The van der Waals surface area contributed by atoms with Gasteiger partial charge in [0.15, 0.2) is 5.79 Å². The first-order valence-corrected chi connectivity index (χ1v) is 9.04. The summed E-state index contributed by atoms with van der Waals surface area (Å²) in [7, 11) is 0. The highest BCUT2D eigenvalue weighted by Gasteiger charge is 2.46. The third-order valence-electron chi connectivity index (χ3n) is 5.05. The highest BCUT2D eigenvalue weighted by atomic mass is 16.7. The first-order valence-electron chi connectivity index (χ1n) is 9.04. The Balaban J connectivity index is 0.000000461. The first kappa shape index (κ1) is 18.0. The minimum absolute atomic E-state index is 0.164. The highest BCUT2D eigenvalue weighted by molar-refractivity contribution is 4.93. The quantitative estimate of drug-likeness (QED) is 0.676. The van der Waals surface area contributed by atoms with Crippen LogP contribution in [0.4, 0.5) is 0 Å². The van der Waals surface area contributed by atoms with Crippen molar-refractivity contribution < 1.29 is 9.47 Å². The average Bonchev–Trinajstić information content (AvgIpc) is 3.23. The largest absolute Gasteiger partial charge is 0.348 e. The van der Waals surface area contributed by atoms with Gasteiger partial charge in [-0.1, -0.05) is 53.9 Å². The summed E-state index contributed by atoms with van der Waals surface area (Å²) in [5.41, 5.74) is 0.627. The predicted molar refractivity (Wildman–Crippen MR) is 85.9 cm³/mol. The van der Waals surface area contributed by atoms with Gasteiger partial charge in [0, 0.05) is 12.8 Å². The van der Waals surface area contributed by atoms with Crippen molar-refractivity contribution >= 4 is 0 Å². The number of hydrogen-bond acceptors (Lipinski definition) is 2. The van der Waals surface area contributed by atoms with Crippen molar-refractivity contribution in [1.82, 2.24) is 0 Å². The van der Waals surface area contributed by atoms with Crippen LogP contribution in [0.2, 0.25) is 0 Å². The zero-order valence-corrected chi connectivity index (χ0v) is 14.5. The summed E-state index contributed by atoms with van der Waals surface area (Å²) < 4.78 is 11.6. The Hall–Kier alpha value is -0.0800. The zero-order chi connectivity index (χ0) is 15.1. The van der Waals surface area contributed by atoms with Crippen molar-refractivity contribution in [2.24, 2.45) is 11.3 Å². The van der Waals surface area contributed by atoms with Gasteiger partial charge in [-0.3, -0.25) is 0 Å². The van der Waals surface area contributed by atoms with Gasteiger partial charge in [-0.15, -0.1) is 0 Å². The molecule has 1 saturated heterocycles. The van der Waals surface area contributed by atoms with Crippen molar-refractivity contribution in [3.05, 3.63) is 0 Å². The van der Waals surface area contributed by atoms with Crippen LogP contribution in [-0.4, -0.2) is 19.0 Å². The van der Waals surface area contributed by atoms with E-state index >= 15 is 0 Å². The first-order chi connectivity index (χ1) is 9.76. The van der Waals surface area contributed by atoms with Crippen LogP contribution in [-0.2, 0) is 9.47 Å². The fourth-order valence-corrected chi connectivity index (χ4v) is 3.58. The van der Waals surface area contributed by atoms with Crippen molar-refractivity contribution in [3.8, 4) is 0 Å². The lowest BCUT2D eigenvalue weighted by molar-refractivity contribution is -0.193. The van der Waals surface area contributed by atoms with E-state index in [2.05, 4.69) is 6.92 Å². The Labute approximate surface area is 126 Å². The summed E-state index contributed by atoms with van der Waals surface area (Å²) in [6.07, 6.45) is 10.7. The maximum atomic E-state index is 5.82. The molecule has 2 heteroatoms. The van der Waals surface area contributed by atoms with Crippen LogP contribution in [0.1, 0.15) is 86.0 Å². The third kappa shape index (κ3) is 4.46. The summed E-state index contributed by atoms with van der Waals surface area (Å²) in [4.78, 5) is 0. The molecule has 3 fully saturated rings. The Bertz CT molecular complexity index is 242. The summed E-state index contributed by atoms with van der Waals surface area (Å²) >= 11 is 0. The maximum Gasteiger partial charge on any atom is 0.168 e. The van der Waals surface area contributed by atoms with E-state index in [1.165, 1.54) is 38.5 Å². The summed E-state index contributed by atoms with van der Waals surface area (Å²) in [5.74, 6) is 0.891. The number of rotatable bonds is 3. The molecule has 2 nitrogen and oxygen atoms in total. The van der Waals surface area contributed by atoms with Gasteiger partial charge in [0.25, 0.3) is 0 Å². The predicted octanol–water partition coefficient (Wildman–Crippen LogP) is 5.55. The topological polar surface area (TPSA) is 18.5 Å². The molecular formula is C18H36O2. The van der Waals surface area contributed by atoms with E-state index in [1.54, 1.807) is 0 Å². The van der Waals surface area contributed by atoms with E-state index in [0.717, 1.165) is 32.0 Å². The van der Waals surface area contributed by atoms with Crippen LogP contribution < -0.4 is 0 Å². The van der Waals surface area contributed by atoms with Crippen LogP contribution in [0, 0.1) is 11.3 Å². The average molecular weight is 284 g/mol. The Morgan fingerprint density at radius 1 is 0.850 bits per heavy atom. The van der Waals surface area contributed by atoms with E-state index in [4.69, 9.17) is 9.47 Å². The molecular weight excluding hydrogens is 248 g/mol. The van der Waals surface area contributed by atoms with E-state index in [-0.39, 0.29) is 5.79 Å². The minimum atomic E-state index is -0.164. The van der Waals surface area contributed by atoms with Crippen LogP contribution in [0.5, 0.6) is 0 Å². The zero-order valence-electron chi connectivity index (χ0n) is 14.5. The highest BCUT2D eigenvalue weighted by Crippen LogP contribution is 2.52. The standard InChI is InChI=1S/C14H24O2.2C2H6/c1-2-13(11-12-3-4-12)5-7-14(8-6-13)15-9-10-16-14;2*1-2/h12H,2-11H2,1H3;2*1-2H3. The molecule has 2 aliphatic carbocycles. The lowest BCUT2D eigenvalue weighted by atomic mass is 9.67. The molecule has 3 rings (SSSR count). The van der Waals surface area contributed by atoms with Gasteiger partial charge in [-0.2, -0.15) is 0 Å². The summed E-state index contributed by atoms with van der Waals surface area (Å²) in [6, 6.07) is 0. The Kier molecular flexibility index (Phi) is 7.53. The van der Waals surface area contributed by atoms with Crippen molar-refractivity contribution in [2.45, 2.75) is 91.8 Å². The van der Waals surface area contributed by atoms with E-state index in [9.17, 15) is 0 Å². The van der Waals surface area contributed by atoms with Gasteiger partial charge in [-0.05, 0) is 30.6 Å². The SMILES string of the molecule is CC.CC.CCC1(CC2CC2)CCC2(CC1)OCCO2. The van der Waals surface area contributed by atoms with Crippen molar-refractivity contribution in [2.75, 3.05) is 13.2 Å². The maximum absolute atomic E-state index is 5.82. The molecule has 0 radical (unpaired) electrons. The normalized spacial score (nSPS) is 26.2. The fourth-order valence-electron chi connectivity index (χ4n) is 3.58. The van der Waals surface area contributed by atoms with Gasteiger partial charge in [-0.25, -0.2) is 0 Å². The molecule has 1 spiro atoms. The Morgan fingerprint density at radius 2 is 1.35 bits per heavy atom. The van der Waals surface area contributed by atoms with Crippen LogP contribution in [0.25, 0.3) is 0 Å². The van der Waals surface area contributed by atoms with Crippen LogP contribution in [0.3, 0.4) is 0 Å². The molecule has 20 heavy (non-hydrogen) atoms. The van der Waals surface area contributed by atoms with Crippen molar-refractivity contribution in [3.63, 3.8) is 0 Å². The molecule has 2 saturated carbocycles. The molecule has 120 valence electrons. The lowest BCUT2D eigenvalue weighted by Crippen LogP contribution is -2.40. The van der Waals surface area contributed by atoms with Gasteiger partial charge >= 0.3 is 0 Å².